The molecule has 4 aromatic carbocycles. The zero-order chi connectivity index (χ0) is 28.7. The van der Waals surface area contributed by atoms with E-state index in [1.807, 2.05) is 13.8 Å². The first-order valence-corrected chi connectivity index (χ1v) is 13.8. The van der Waals surface area contributed by atoms with Crippen molar-refractivity contribution in [2.75, 3.05) is 21.1 Å². The fraction of sp³-hybridized carbons (Fsp3) is 0.314. The zero-order valence-corrected chi connectivity index (χ0v) is 24.5. The van der Waals surface area contributed by atoms with Gasteiger partial charge in [-0.1, -0.05) is 135 Å². The molecule has 0 bridgehead atoms. The van der Waals surface area contributed by atoms with Gasteiger partial charge in [-0.25, -0.2) is 0 Å². The van der Waals surface area contributed by atoms with Crippen LogP contribution in [0.5, 0.6) is 0 Å². The molecular formula is C35H53N3. The second-order valence-corrected chi connectivity index (χ2v) is 7.65. The van der Waals surface area contributed by atoms with Crippen molar-refractivity contribution in [3.05, 3.63) is 144 Å². The smallest absolute Gasteiger partial charge is 0.0195 e. The molecule has 0 heterocycles. The molecule has 6 N–H and O–H groups in total. The normalized spacial score (nSPS) is 8.63. The van der Waals surface area contributed by atoms with Crippen LogP contribution in [-0.2, 0) is 25.7 Å². The lowest BCUT2D eigenvalue weighted by atomic mass is 10.0. The van der Waals surface area contributed by atoms with Crippen molar-refractivity contribution < 1.29 is 0 Å². The van der Waals surface area contributed by atoms with E-state index in [0.717, 1.165) is 12.8 Å². The molecule has 3 nitrogen and oxygen atoms in total. The molecule has 4 rings (SSSR count). The molecule has 0 amide bonds. The number of nitrogens with two attached hydrogens (primary N) is 3. The number of unbranched alkanes of at least 4 members (excludes halogenated alkanes) is 1. The first-order chi connectivity index (χ1) is 18.9. The van der Waals surface area contributed by atoms with E-state index < -0.39 is 0 Å². The average Bonchev–Trinajstić information content (AvgIpc) is 3.05. The minimum atomic E-state index is 1.13. The molecule has 0 fully saturated rings. The number of hydrogen-bond donors (Lipinski definition) is 3. The summed E-state index contributed by atoms with van der Waals surface area (Å²) >= 11 is 0. The Morgan fingerprint density at radius 1 is 0.316 bits per heavy atom. The van der Waals surface area contributed by atoms with E-state index in [1.165, 1.54) is 69.1 Å². The van der Waals surface area contributed by atoms with Gasteiger partial charge in [0, 0.05) is 0 Å². The number of aryl methyl sites for hydroxylation is 4. The fourth-order valence-electron chi connectivity index (χ4n) is 3.53. The van der Waals surface area contributed by atoms with Gasteiger partial charge in [0.1, 0.15) is 0 Å². The minimum Gasteiger partial charge on any atom is -0.333 e. The van der Waals surface area contributed by atoms with Gasteiger partial charge in [-0.15, -0.1) is 0 Å². The SMILES string of the molecule is CC.CN.CN.CN.c1ccc(CCCCc2ccccc2)cc1.c1ccc(CCc2ccccc2)cc1. The summed E-state index contributed by atoms with van der Waals surface area (Å²) in [6.45, 7) is 4.00. The van der Waals surface area contributed by atoms with Crippen LogP contribution in [0.25, 0.3) is 0 Å². The Morgan fingerprint density at radius 2 is 0.500 bits per heavy atom. The summed E-state index contributed by atoms with van der Waals surface area (Å²) in [5.41, 5.74) is 19.2. The van der Waals surface area contributed by atoms with Gasteiger partial charge in [-0.05, 0) is 81.9 Å². The van der Waals surface area contributed by atoms with Crippen molar-refractivity contribution in [1.29, 1.82) is 0 Å². The van der Waals surface area contributed by atoms with Crippen molar-refractivity contribution in [2.24, 2.45) is 17.2 Å². The third-order valence-corrected chi connectivity index (χ3v) is 5.25. The Morgan fingerprint density at radius 3 is 0.711 bits per heavy atom. The fourth-order valence-corrected chi connectivity index (χ4v) is 3.53. The maximum absolute atomic E-state index is 4.50. The number of hydrogen-bond acceptors (Lipinski definition) is 3. The molecule has 0 spiro atoms. The van der Waals surface area contributed by atoms with Crippen LogP contribution in [0, 0.1) is 0 Å². The van der Waals surface area contributed by atoms with E-state index in [2.05, 4.69) is 139 Å². The lowest BCUT2D eigenvalue weighted by Crippen LogP contribution is -1.89. The van der Waals surface area contributed by atoms with Crippen LogP contribution in [0.3, 0.4) is 0 Å². The molecule has 4 aromatic rings. The average molecular weight is 516 g/mol. The molecule has 208 valence electrons. The first kappa shape index (κ1) is 36.9. The summed E-state index contributed by atoms with van der Waals surface area (Å²) in [5.74, 6) is 0. The molecule has 0 radical (unpaired) electrons. The van der Waals surface area contributed by atoms with Crippen LogP contribution in [0.15, 0.2) is 121 Å². The van der Waals surface area contributed by atoms with Gasteiger partial charge in [-0.2, -0.15) is 0 Å². The molecule has 38 heavy (non-hydrogen) atoms. The van der Waals surface area contributed by atoms with Crippen LogP contribution >= 0.6 is 0 Å². The second-order valence-electron chi connectivity index (χ2n) is 7.65. The maximum atomic E-state index is 4.50. The van der Waals surface area contributed by atoms with Crippen molar-refractivity contribution in [1.82, 2.24) is 0 Å². The van der Waals surface area contributed by atoms with E-state index in [4.69, 9.17) is 0 Å². The summed E-state index contributed by atoms with van der Waals surface area (Å²) in [5, 5.41) is 0. The van der Waals surface area contributed by atoms with Gasteiger partial charge in [0.15, 0.2) is 0 Å². The molecular weight excluding hydrogens is 462 g/mol. The van der Waals surface area contributed by atoms with Crippen LogP contribution in [0.2, 0.25) is 0 Å². The summed E-state index contributed by atoms with van der Waals surface area (Å²) in [7, 11) is 4.50. The van der Waals surface area contributed by atoms with E-state index in [-0.39, 0.29) is 0 Å². The van der Waals surface area contributed by atoms with Crippen molar-refractivity contribution in [3.63, 3.8) is 0 Å². The van der Waals surface area contributed by atoms with Crippen LogP contribution < -0.4 is 17.2 Å². The molecule has 0 unspecified atom stereocenters. The van der Waals surface area contributed by atoms with Crippen molar-refractivity contribution in [3.8, 4) is 0 Å². The Bertz CT molecular complexity index is 847. The van der Waals surface area contributed by atoms with Gasteiger partial charge < -0.3 is 17.2 Å². The molecule has 0 aliphatic rings. The second kappa shape index (κ2) is 30.0. The number of rotatable bonds is 8. The third-order valence-electron chi connectivity index (χ3n) is 5.25. The maximum Gasteiger partial charge on any atom is -0.0195 e. The van der Waals surface area contributed by atoms with Crippen LogP contribution in [-0.4, -0.2) is 21.1 Å². The molecule has 0 aliphatic heterocycles. The van der Waals surface area contributed by atoms with Gasteiger partial charge in [0.25, 0.3) is 0 Å². The first-order valence-electron chi connectivity index (χ1n) is 13.8. The Hall–Kier alpha value is -3.24. The highest BCUT2D eigenvalue weighted by molar-refractivity contribution is 5.20. The summed E-state index contributed by atoms with van der Waals surface area (Å²) in [4.78, 5) is 0. The molecule has 3 heteroatoms. The largest absolute Gasteiger partial charge is 0.333 e. The molecule has 0 aromatic heterocycles. The monoisotopic (exact) mass is 515 g/mol. The summed E-state index contributed by atoms with van der Waals surface area (Å²) in [6.07, 6.45) is 7.22. The van der Waals surface area contributed by atoms with Gasteiger partial charge in [0.05, 0.1) is 0 Å². The molecule has 0 aliphatic carbocycles. The predicted octanol–water partition coefficient (Wildman–Crippen LogP) is 7.47. The third kappa shape index (κ3) is 19.9. The van der Waals surface area contributed by atoms with Gasteiger partial charge >= 0.3 is 0 Å². The lowest BCUT2D eigenvalue weighted by Gasteiger charge is -2.02. The van der Waals surface area contributed by atoms with E-state index in [9.17, 15) is 0 Å². The van der Waals surface area contributed by atoms with Gasteiger partial charge in [-0.3, -0.25) is 0 Å². The summed E-state index contributed by atoms with van der Waals surface area (Å²) in [6, 6.07) is 42.7. The highest BCUT2D eigenvalue weighted by atomic mass is 14.4. The van der Waals surface area contributed by atoms with E-state index in [1.54, 1.807) is 0 Å². The zero-order valence-electron chi connectivity index (χ0n) is 24.5. The quantitative estimate of drug-likeness (QED) is 0.213. The predicted molar refractivity (Wildman–Crippen MR) is 172 cm³/mol. The standard InChI is InChI=1S/C16H18.C14H14.C2H6.3CH5N/c1-3-9-15(10-4-1)13-7-8-14-16-11-5-2-6-12-16;1-3-7-13(8-4-1)11-12-14-9-5-2-6-10-14;4*1-2/h1-6,9-12H,7-8,13-14H2;1-10H,11-12H2;1-2H3;3*2H2,1H3. The molecule has 0 atom stereocenters. The van der Waals surface area contributed by atoms with Crippen LogP contribution in [0.4, 0.5) is 0 Å². The lowest BCUT2D eigenvalue weighted by molar-refractivity contribution is 0.734. The summed E-state index contributed by atoms with van der Waals surface area (Å²) < 4.78 is 0. The van der Waals surface area contributed by atoms with Crippen molar-refractivity contribution >= 4 is 0 Å². The molecule has 0 saturated carbocycles. The Balaban J connectivity index is 0. The van der Waals surface area contributed by atoms with Crippen molar-refractivity contribution in [2.45, 2.75) is 52.4 Å². The highest BCUT2D eigenvalue weighted by Crippen LogP contribution is 2.09. The Kier molecular flexibility index (Phi) is 29.1. The molecule has 0 saturated heterocycles. The number of benzene rings is 4. The Labute approximate surface area is 234 Å². The van der Waals surface area contributed by atoms with Crippen LogP contribution in [0.1, 0.15) is 48.9 Å². The highest BCUT2D eigenvalue weighted by Gasteiger charge is 1.95. The van der Waals surface area contributed by atoms with E-state index >= 15 is 0 Å². The topological polar surface area (TPSA) is 78.1 Å². The van der Waals surface area contributed by atoms with Gasteiger partial charge in [0.2, 0.25) is 0 Å². The minimum absolute atomic E-state index is 1.13. The van der Waals surface area contributed by atoms with E-state index in [0.29, 0.717) is 0 Å².